The van der Waals surface area contributed by atoms with Gasteiger partial charge in [0.25, 0.3) is 5.91 Å². The number of carbonyl (C=O) groups excluding carboxylic acids is 3. The van der Waals surface area contributed by atoms with Crippen LogP contribution >= 0.6 is 0 Å². The van der Waals surface area contributed by atoms with Gasteiger partial charge in [-0.2, -0.15) is 0 Å². The Morgan fingerprint density at radius 3 is 2.49 bits per heavy atom. The van der Waals surface area contributed by atoms with Crippen LogP contribution in [0, 0.1) is 0 Å². The van der Waals surface area contributed by atoms with Gasteiger partial charge in [0.05, 0.1) is 13.1 Å². The smallest absolute Gasteiger partial charge is 0.346 e. The Kier molecular flexibility index (Phi) is 5.59. The molecule has 0 aliphatic carbocycles. The van der Waals surface area contributed by atoms with Crippen molar-refractivity contribution in [1.82, 2.24) is 20.9 Å². The number of nitrogens with two attached hydrogens (primary N) is 2. The van der Waals surface area contributed by atoms with Gasteiger partial charge in [-0.25, -0.2) is 9.57 Å². The maximum atomic E-state index is 13.3. The Labute approximate surface area is 223 Å². The van der Waals surface area contributed by atoms with Gasteiger partial charge in [-0.3, -0.25) is 30.3 Å². The van der Waals surface area contributed by atoms with Gasteiger partial charge in [-0.05, 0) is 23.3 Å². The first kappa shape index (κ1) is 24.8. The third-order valence-corrected chi connectivity index (χ3v) is 7.94. The second-order valence-electron chi connectivity index (χ2n) is 10.2. The first-order valence-corrected chi connectivity index (χ1v) is 12.6. The van der Waals surface area contributed by atoms with Crippen LogP contribution in [0.5, 0.6) is 0 Å². The van der Waals surface area contributed by atoms with E-state index in [-0.39, 0.29) is 49.7 Å². The van der Waals surface area contributed by atoms with Gasteiger partial charge in [0.15, 0.2) is 5.96 Å². The summed E-state index contributed by atoms with van der Waals surface area (Å²) >= 11 is 0. The Bertz CT molecular complexity index is 1420. The number of rotatable bonds is 5. The molecule has 1 unspecified atom stereocenters. The number of amides is 3. The molecule has 13 heteroatoms. The van der Waals surface area contributed by atoms with Gasteiger partial charge in [-0.1, -0.05) is 42.5 Å². The van der Waals surface area contributed by atoms with Crippen molar-refractivity contribution in [2.24, 2.45) is 16.5 Å². The minimum atomic E-state index is -2.61. The Balaban J connectivity index is 1.29. The molecule has 13 nitrogen and oxygen atoms in total. The van der Waals surface area contributed by atoms with Gasteiger partial charge in [0.1, 0.15) is 18.1 Å². The monoisotopic (exact) mass is 533 g/mol. The van der Waals surface area contributed by atoms with Crippen molar-refractivity contribution in [3.05, 3.63) is 60.2 Å². The molecule has 4 atom stereocenters. The molecule has 0 bridgehead atoms. The molecule has 4 aliphatic rings. The van der Waals surface area contributed by atoms with Crippen molar-refractivity contribution in [2.75, 3.05) is 13.1 Å². The lowest BCUT2D eigenvalue weighted by Gasteiger charge is -2.44. The summed E-state index contributed by atoms with van der Waals surface area (Å²) in [4.78, 5) is 43.4. The average Bonchev–Trinajstić information content (AvgIpc) is 3.52. The summed E-state index contributed by atoms with van der Waals surface area (Å²) in [5.74, 6) is -3.79. The predicted molar refractivity (Wildman–Crippen MR) is 139 cm³/mol. The number of aliphatic hydroxyl groups is 2. The summed E-state index contributed by atoms with van der Waals surface area (Å²) in [7, 11) is 0. The van der Waals surface area contributed by atoms with Crippen LogP contribution in [-0.2, 0) is 9.59 Å². The lowest BCUT2D eigenvalue weighted by atomic mass is 9.85. The number of imide groups is 1. The number of carbonyl (C=O) groups is 3. The van der Waals surface area contributed by atoms with Crippen LogP contribution in [0.2, 0.25) is 0 Å². The van der Waals surface area contributed by atoms with E-state index in [9.17, 15) is 24.6 Å². The van der Waals surface area contributed by atoms with Crippen molar-refractivity contribution >= 4 is 29.6 Å². The lowest BCUT2D eigenvalue weighted by molar-refractivity contribution is -0.623. The quantitative estimate of drug-likeness (QED) is 0.124. The zero-order valence-electron chi connectivity index (χ0n) is 20.9. The van der Waals surface area contributed by atoms with Crippen LogP contribution in [-0.4, -0.2) is 92.0 Å². The third-order valence-electron chi connectivity index (χ3n) is 7.94. The van der Waals surface area contributed by atoms with E-state index in [1.165, 1.54) is 4.58 Å². The number of hydrogen-bond donors (Lipinski definition) is 7. The summed E-state index contributed by atoms with van der Waals surface area (Å²) in [6.45, 7) is -0.174. The van der Waals surface area contributed by atoms with Crippen molar-refractivity contribution in [3.63, 3.8) is 0 Å². The molecule has 1 spiro atoms. The van der Waals surface area contributed by atoms with Gasteiger partial charge in [-0.15, -0.1) is 0 Å². The van der Waals surface area contributed by atoms with E-state index in [2.05, 4.69) is 20.9 Å². The zero-order chi connectivity index (χ0) is 27.5. The molecule has 4 heterocycles. The molecule has 4 aliphatic heterocycles. The topological polar surface area (TPSA) is 198 Å². The first-order chi connectivity index (χ1) is 18.6. The molecule has 2 saturated heterocycles. The van der Waals surface area contributed by atoms with Gasteiger partial charge < -0.3 is 26.6 Å². The van der Waals surface area contributed by atoms with E-state index in [1.54, 1.807) is 18.2 Å². The molecule has 2 fully saturated rings. The van der Waals surface area contributed by atoms with Crippen molar-refractivity contribution in [2.45, 2.75) is 42.4 Å². The molecular weight excluding hydrogens is 504 g/mol. The minimum Gasteiger partial charge on any atom is -0.370 e. The fourth-order valence-electron chi connectivity index (χ4n) is 6.04. The van der Waals surface area contributed by atoms with Gasteiger partial charge in [0, 0.05) is 18.4 Å². The van der Waals surface area contributed by atoms with E-state index >= 15 is 0 Å². The molecule has 0 radical (unpaired) electrons. The SMILES string of the molecule is NC1=N[C@H]2[C@H](CN3C(=O)CCC3=O)NC(N)=[N+]3CC(NC(=O)c4cccc(-c5ccccc5)c4)C(O)(O)[C@]23N1. The second kappa shape index (κ2) is 8.78. The Morgan fingerprint density at radius 2 is 1.77 bits per heavy atom. The van der Waals surface area contributed by atoms with Crippen molar-refractivity contribution in [1.29, 1.82) is 0 Å². The van der Waals surface area contributed by atoms with Crippen LogP contribution < -0.4 is 27.4 Å². The zero-order valence-corrected chi connectivity index (χ0v) is 20.9. The third kappa shape index (κ3) is 3.72. The highest BCUT2D eigenvalue weighted by Crippen LogP contribution is 2.41. The number of guanidine groups is 2. The van der Waals surface area contributed by atoms with Crippen LogP contribution in [0.4, 0.5) is 0 Å². The highest BCUT2D eigenvalue weighted by Gasteiger charge is 2.75. The van der Waals surface area contributed by atoms with Crippen LogP contribution in [0.25, 0.3) is 11.1 Å². The molecule has 0 aromatic heterocycles. The molecule has 9 N–H and O–H groups in total. The maximum Gasteiger partial charge on any atom is 0.346 e. The van der Waals surface area contributed by atoms with Gasteiger partial charge in [0.2, 0.25) is 23.3 Å². The molecule has 3 amide bonds. The minimum absolute atomic E-state index is 0.0584. The maximum absolute atomic E-state index is 13.3. The predicted octanol–water partition coefficient (Wildman–Crippen LogP) is -2.42. The summed E-state index contributed by atoms with van der Waals surface area (Å²) in [5.41, 5.74) is 12.7. The summed E-state index contributed by atoms with van der Waals surface area (Å²) in [6.07, 6.45) is 0.222. The van der Waals surface area contributed by atoms with Gasteiger partial charge >= 0.3 is 5.96 Å². The first-order valence-electron chi connectivity index (χ1n) is 12.6. The lowest BCUT2D eigenvalue weighted by Crippen LogP contribution is -2.79. The van der Waals surface area contributed by atoms with E-state index in [1.807, 2.05) is 36.4 Å². The standard InChI is InChI=1S/C26H28N8O5/c27-23-31-21-17(12-33-19(35)9-10-20(33)36)29-24(28)34-13-18(26(38,39)25(21,34)32-23)30-22(37)16-8-4-7-15(11-16)14-5-2-1-3-6-14/h1-8,11,17-18,21,38-39H,9-10,12-13H2,(H6,27,28,29,30,31,32,37)/p+1/t17-,18?,21-,25-/m0/s1. The molecule has 2 aromatic rings. The Morgan fingerprint density at radius 1 is 1.08 bits per heavy atom. The summed E-state index contributed by atoms with van der Waals surface area (Å²) < 4.78 is 1.47. The second-order valence-corrected chi connectivity index (χ2v) is 10.2. The van der Waals surface area contributed by atoms with Crippen LogP contribution in [0.15, 0.2) is 59.6 Å². The molecule has 6 rings (SSSR count). The molecular formula is C26H29N8O5+. The summed E-state index contributed by atoms with van der Waals surface area (Å²) in [6, 6.07) is 13.6. The molecule has 2 aromatic carbocycles. The molecule has 0 saturated carbocycles. The highest BCUT2D eigenvalue weighted by molar-refractivity contribution is 6.02. The fraction of sp³-hybridized carbons (Fsp3) is 0.346. The van der Waals surface area contributed by atoms with Crippen molar-refractivity contribution in [3.8, 4) is 11.1 Å². The normalized spacial score (nSPS) is 28.9. The average molecular weight is 534 g/mol. The number of likely N-dealkylation sites (tertiary alicyclic amines) is 1. The van der Waals surface area contributed by atoms with E-state index < -0.39 is 35.5 Å². The fourth-order valence-corrected chi connectivity index (χ4v) is 6.04. The van der Waals surface area contributed by atoms with E-state index in [0.29, 0.717) is 5.56 Å². The number of nitrogens with zero attached hydrogens (tertiary/aromatic N) is 3. The number of aliphatic imine (C=N–C) groups is 1. The largest absolute Gasteiger partial charge is 0.370 e. The highest BCUT2D eigenvalue weighted by atomic mass is 16.5. The van der Waals surface area contributed by atoms with Crippen LogP contribution in [0.3, 0.4) is 0 Å². The number of hydrogen-bond acceptors (Lipinski definition) is 10. The van der Waals surface area contributed by atoms with E-state index in [0.717, 1.165) is 16.0 Å². The molecule has 202 valence electrons. The summed E-state index contributed by atoms with van der Waals surface area (Å²) in [5, 5.41) is 31.9. The van der Waals surface area contributed by atoms with Crippen molar-refractivity contribution < 1.29 is 29.2 Å². The Hall–Kier alpha value is -4.49. The number of benzene rings is 2. The number of nitrogens with one attached hydrogen (secondary N) is 3. The van der Waals surface area contributed by atoms with Crippen LogP contribution in [0.1, 0.15) is 23.2 Å². The van der Waals surface area contributed by atoms with E-state index in [4.69, 9.17) is 11.5 Å². The molecule has 39 heavy (non-hydrogen) atoms.